The summed E-state index contributed by atoms with van der Waals surface area (Å²) >= 11 is 7.16. The molecule has 0 aromatic heterocycles. The number of hydrogen-bond donors (Lipinski definition) is 1. The second-order valence-corrected chi connectivity index (χ2v) is 18.3. The summed E-state index contributed by atoms with van der Waals surface area (Å²) in [5.41, 5.74) is 0. The molecule has 0 aliphatic rings. The van der Waals surface area contributed by atoms with Gasteiger partial charge in [-0.3, -0.25) is 14.9 Å². The molecule has 3 nitrogen and oxygen atoms in total. The van der Waals surface area contributed by atoms with Crippen LogP contribution in [0.3, 0.4) is 0 Å². The number of carbonyl (C=O) groups excluding carboxylic acids is 2. The van der Waals surface area contributed by atoms with Crippen molar-refractivity contribution < 1.29 is 9.59 Å². The van der Waals surface area contributed by atoms with Crippen LogP contribution in [0.4, 0.5) is 0 Å². The minimum absolute atomic E-state index is 0.130. The number of carbonyl (C=O) groups is 2. The maximum absolute atomic E-state index is 13.5. The van der Waals surface area contributed by atoms with Crippen molar-refractivity contribution in [1.29, 1.82) is 0 Å². The van der Waals surface area contributed by atoms with E-state index in [4.69, 9.17) is 11.6 Å². The lowest BCUT2D eigenvalue weighted by atomic mass is 9.92. The third-order valence-electron chi connectivity index (χ3n) is 12.0. The fraction of sp³-hybridized carbons (Fsp3) is 0.960. The summed E-state index contributed by atoms with van der Waals surface area (Å²) in [6, 6.07) is 0. The maximum atomic E-state index is 13.5. The van der Waals surface area contributed by atoms with E-state index in [0.29, 0.717) is 19.3 Å². The molecule has 54 heavy (non-hydrogen) atoms. The van der Waals surface area contributed by atoms with Crippen LogP contribution in [0.15, 0.2) is 0 Å². The van der Waals surface area contributed by atoms with Gasteiger partial charge in [0.1, 0.15) is 4.87 Å². The van der Waals surface area contributed by atoms with Gasteiger partial charge in [0.2, 0.25) is 11.8 Å². The Morgan fingerprint density at radius 1 is 0.333 bits per heavy atom. The Labute approximate surface area is 345 Å². The third-order valence-corrected chi connectivity index (χ3v) is 12.6. The van der Waals surface area contributed by atoms with Gasteiger partial charge in [-0.15, -0.1) is 11.6 Å². The molecule has 0 fully saturated rings. The first-order chi connectivity index (χ1) is 26.5. The molecule has 0 atom stereocenters. The molecule has 0 aromatic rings. The molecule has 0 bridgehead atoms. The normalized spacial score (nSPS) is 11.8. The van der Waals surface area contributed by atoms with E-state index in [9.17, 15) is 9.59 Å². The first kappa shape index (κ1) is 53.4. The number of hydrogen-bond acceptors (Lipinski definition) is 2. The lowest BCUT2D eigenvalue weighted by Gasteiger charge is -2.26. The van der Waals surface area contributed by atoms with E-state index in [1.807, 2.05) is 0 Å². The minimum atomic E-state index is -0.945. The van der Waals surface area contributed by atoms with Crippen molar-refractivity contribution in [2.75, 3.05) is 0 Å². The van der Waals surface area contributed by atoms with E-state index in [2.05, 4.69) is 26.1 Å². The van der Waals surface area contributed by atoms with Crippen molar-refractivity contribution >= 4 is 23.4 Å². The summed E-state index contributed by atoms with van der Waals surface area (Å²) in [5.74, 6) is -0.358. The van der Waals surface area contributed by atoms with E-state index < -0.39 is 4.87 Å². The highest BCUT2D eigenvalue weighted by Gasteiger charge is 2.35. The summed E-state index contributed by atoms with van der Waals surface area (Å²) in [6.45, 7) is 6.85. The molecule has 322 valence electrons. The highest BCUT2D eigenvalue weighted by Crippen LogP contribution is 2.31. The summed E-state index contributed by atoms with van der Waals surface area (Å²) in [5, 5.41) is 2.75. The van der Waals surface area contributed by atoms with Gasteiger partial charge in [-0.25, -0.2) is 0 Å². The van der Waals surface area contributed by atoms with Crippen LogP contribution in [0.25, 0.3) is 0 Å². The van der Waals surface area contributed by atoms with Gasteiger partial charge in [0.15, 0.2) is 0 Å². The second-order valence-electron chi connectivity index (χ2n) is 17.5. The predicted octanol–water partition coefficient (Wildman–Crippen LogP) is 17.8. The van der Waals surface area contributed by atoms with Gasteiger partial charge in [0.25, 0.3) is 0 Å². The Balaban J connectivity index is 4.34. The molecular formula is C50H98ClNO2. The fourth-order valence-electron chi connectivity index (χ4n) is 8.16. The Morgan fingerprint density at radius 2 is 0.537 bits per heavy atom. The highest BCUT2D eigenvalue weighted by atomic mass is 35.5. The average molecular weight is 781 g/mol. The number of nitrogens with one attached hydrogen (secondary N) is 1. The molecule has 0 aliphatic heterocycles. The first-order valence-corrected chi connectivity index (χ1v) is 25.4. The lowest BCUT2D eigenvalue weighted by molar-refractivity contribution is -0.132. The SMILES string of the molecule is CCCCCCCCCCCCCCCCC(Cl)(CCCCCCCCCCCCCCCC)C(=O)NC(=O)CCCCCCCCCCCCCCC. The molecule has 2 amide bonds. The predicted molar refractivity (Wildman–Crippen MR) is 242 cm³/mol. The molecule has 0 aromatic carbocycles. The monoisotopic (exact) mass is 780 g/mol. The number of alkyl halides is 1. The number of rotatable bonds is 45. The number of imide groups is 1. The van der Waals surface area contributed by atoms with Crippen molar-refractivity contribution in [1.82, 2.24) is 5.32 Å². The minimum Gasteiger partial charge on any atom is -0.295 e. The summed E-state index contributed by atoms with van der Waals surface area (Å²) in [7, 11) is 0. The third kappa shape index (κ3) is 38.3. The topological polar surface area (TPSA) is 46.2 Å². The van der Waals surface area contributed by atoms with Gasteiger partial charge in [-0.05, 0) is 19.3 Å². The maximum Gasteiger partial charge on any atom is 0.247 e. The molecule has 4 heteroatoms. The molecular weight excluding hydrogens is 682 g/mol. The number of unbranched alkanes of at least 4 members (excludes halogenated alkanes) is 38. The van der Waals surface area contributed by atoms with Gasteiger partial charge in [-0.1, -0.05) is 278 Å². The molecule has 0 saturated heterocycles. The van der Waals surface area contributed by atoms with Crippen LogP contribution in [0.5, 0.6) is 0 Å². The van der Waals surface area contributed by atoms with Crippen molar-refractivity contribution in [3.63, 3.8) is 0 Å². The molecule has 0 aliphatic carbocycles. The van der Waals surface area contributed by atoms with Gasteiger partial charge in [0.05, 0.1) is 0 Å². The Hall–Kier alpha value is -0.570. The van der Waals surface area contributed by atoms with Crippen LogP contribution in [-0.2, 0) is 9.59 Å². The Morgan fingerprint density at radius 3 is 0.778 bits per heavy atom. The van der Waals surface area contributed by atoms with Crippen molar-refractivity contribution in [2.45, 2.75) is 308 Å². The van der Waals surface area contributed by atoms with Gasteiger partial charge < -0.3 is 0 Å². The summed E-state index contributed by atoms with van der Waals surface area (Å²) in [6.07, 6.45) is 55.4. The van der Waals surface area contributed by atoms with Gasteiger partial charge in [-0.2, -0.15) is 0 Å². The second kappa shape index (κ2) is 43.6. The van der Waals surface area contributed by atoms with Crippen molar-refractivity contribution in [3.05, 3.63) is 0 Å². The van der Waals surface area contributed by atoms with Crippen LogP contribution < -0.4 is 5.32 Å². The van der Waals surface area contributed by atoms with E-state index in [1.165, 1.54) is 225 Å². The Kier molecular flexibility index (Phi) is 43.1. The van der Waals surface area contributed by atoms with Crippen LogP contribution in [0, 0.1) is 0 Å². The van der Waals surface area contributed by atoms with E-state index in [-0.39, 0.29) is 11.8 Å². The molecule has 0 unspecified atom stereocenters. The average Bonchev–Trinajstić information content (AvgIpc) is 3.16. The van der Waals surface area contributed by atoms with Gasteiger partial charge in [0, 0.05) is 6.42 Å². The zero-order chi connectivity index (χ0) is 39.5. The molecule has 1 N–H and O–H groups in total. The summed E-state index contributed by atoms with van der Waals surface area (Å²) < 4.78 is 0. The molecule has 0 heterocycles. The zero-order valence-corrected chi connectivity index (χ0v) is 38.1. The van der Waals surface area contributed by atoms with Crippen LogP contribution >= 0.6 is 11.6 Å². The van der Waals surface area contributed by atoms with Crippen LogP contribution in [0.2, 0.25) is 0 Å². The quantitative estimate of drug-likeness (QED) is 0.0494. The largest absolute Gasteiger partial charge is 0.295 e. The smallest absolute Gasteiger partial charge is 0.247 e. The fourth-order valence-corrected chi connectivity index (χ4v) is 8.47. The van der Waals surface area contributed by atoms with Gasteiger partial charge >= 0.3 is 0 Å². The van der Waals surface area contributed by atoms with Crippen LogP contribution in [-0.4, -0.2) is 16.7 Å². The summed E-state index contributed by atoms with van der Waals surface area (Å²) in [4.78, 5) is 25.3. The lowest BCUT2D eigenvalue weighted by Crippen LogP contribution is -2.45. The Bertz CT molecular complexity index is 738. The standard InChI is InChI=1S/C50H98ClNO2/c1-4-7-10-13-16-19-22-25-28-31-34-37-40-43-46-50(51,47-44-41-38-35-32-29-26-23-20-17-14-11-8-5-2)49(54)52-48(53)45-42-39-36-33-30-27-24-21-18-15-12-9-6-3/h4-47H2,1-3H3,(H,52,53,54). The number of halogens is 1. The number of amides is 2. The van der Waals surface area contributed by atoms with Crippen molar-refractivity contribution in [2.24, 2.45) is 0 Å². The highest BCUT2D eigenvalue weighted by molar-refractivity contribution is 6.35. The van der Waals surface area contributed by atoms with E-state index >= 15 is 0 Å². The van der Waals surface area contributed by atoms with E-state index in [0.717, 1.165) is 38.5 Å². The molecule has 0 radical (unpaired) electrons. The molecule has 0 saturated carbocycles. The van der Waals surface area contributed by atoms with E-state index in [1.54, 1.807) is 0 Å². The zero-order valence-electron chi connectivity index (χ0n) is 37.3. The molecule has 0 spiro atoms. The van der Waals surface area contributed by atoms with Crippen LogP contribution in [0.1, 0.15) is 303 Å². The molecule has 0 rings (SSSR count). The van der Waals surface area contributed by atoms with Crippen molar-refractivity contribution in [3.8, 4) is 0 Å². The first-order valence-electron chi connectivity index (χ1n) is 25.0.